The lowest BCUT2D eigenvalue weighted by atomic mass is 9.92. The van der Waals surface area contributed by atoms with E-state index in [-0.39, 0.29) is 17.4 Å². The highest BCUT2D eigenvalue weighted by Gasteiger charge is 2.46. The Hall–Kier alpha value is -3.12. The third-order valence-electron chi connectivity index (χ3n) is 7.18. The summed E-state index contributed by atoms with van der Waals surface area (Å²) in [7, 11) is 0. The van der Waals surface area contributed by atoms with Gasteiger partial charge in [0, 0.05) is 25.1 Å². The molecule has 0 radical (unpaired) electrons. The topological polar surface area (TPSA) is 70.1 Å². The van der Waals surface area contributed by atoms with Crippen molar-refractivity contribution in [1.82, 2.24) is 9.80 Å². The Morgan fingerprint density at radius 2 is 1.80 bits per heavy atom. The number of likely N-dealkylation sites (tertiary alicyclic amines) is 1. The van der Waals surface area contributed by atoms with Crippen LogP contribution in [0.3, 0.4) is 0 Å². The van der Waals surface area contributed by atoms with Crippen molar-refractivity contribution in [3.8, 4) is 5.75 Å². The summed E-state index contributed by atoms with van der Waals surface area (Å²) in [6, 6.07) is 12.9. The van der Waals surface area contributed by atoms with Gasteiger partial charge in [-0.3, -0.25) is 9.59 Å². The van der Waals surface area contributed by atoms with Crippen LogP contribution in [0.15, 0.2) is 48.0 Å². The van der Waals surface area contributed by atoms with Crippen LogP contribution in [0.5, 0.6) is 5.75 Å². The summed E-state index contributed by atoms with van der Waals surface area (Å²) < 4.78 is 5.79. The van der Waals surface area contributed by atoms with E-state index in [9.17, 15) is 14.7 Å². The van der Waals surface area contributed by atoms with Crippen LogP contribution < -0.4 is 4.74 Å². The lowest BCUT2D eigenvalue weighted by Gasteiger charge is -2.28. The number of likely N-dealkylation sites (N-methyl/N-ethyl adjacent to an activating group) is 1. The largest absolute Gasteiger partial charge is 0.507 e. The van der Waals surface area contributed by atoms with Crippen molar-refractivity contribution in [2.45, 2.75) is 59.1 Å². The normalized spacial score (nSPS) is 21.2. The molecule has 186 valence electrons. The molecule has 0 bridgehead atoms. The lowest BCUT2D eigenvalue weighted by Crippen LogP contribution is -2.38. The second-order valence-corrected chi connectivity index (χ2v) is 9.80. The monoisotopic (exact) mass is 476 g/mol. The first-order valence-electron chi connectivity index (χ1n) is 12.7. The fourth-order valence-corrected chi connectivity index (χ4v) is 5.03. The number of ether oxygens (including phenoxy) is 1. The summed E-state index contributed by atoms with van der Waals surface area (Å²) in [6.45, 7) is 13.2. The number of fused-ring (bicyclic) bond motifs is 1. The second kappa shape index (κ2) is 10.2. The number of Topliss-reactive ketones (excluding diaryl/α,β-unsaturated/α-hetero) is 1. The minimum absolute atomic E-state index is 0.0764. The number of nitrogens with zero attached hydrogens (tertiary/aromatic N) is 2. The molecule has 1 fully saturated rings. The van der Waals surface area contributed by atoms with Gasteiger partial charge < -0.3 is 19.6 Å². The van der Waals surface area contributed by atoms with Gasteiger partial charge in [0.1, 0.15) is 17.6 Å². The number of benzene rings is 2. The number of aliphatic hydroxyl groups is 1. The Morgan fingerprint density at radius 1 is 1.11 bits per heavy atom. The van der Waals surface area contributed by atoms with E-state index < -0.39 is 17.7 Å². The highest BCUT2D eigenvalue weighted by Crippen LogP contribution is 2.40. The molecule has 0 saturated carbocycles. The van der Waals surface area contributed by atoms with Gasteiger partial charge in [0.25, 0.3) is 11.7 Å². The molecule has 0 unspecified atom stereocenters. The average Bonchev–Trinajstić information content (AvgIpc) is 3.35. The number of amides is 1. The SMILES string of the molecule is CCN(CC)CCN1C(=O)C(=O)/C(=C(/O)c2ccc3c(c2)C[C@H](C)O3)[C@@H]1c1ccc(C(C)C)cc1. The van der Waals surface area contributed by atoms with Crippen LogP contribution in [0.25, 0.3) is 5.76 Å². The molecule has 6 heteroatoms. The summed E-state index contributed by atoms with van der Waals surface area (Å²) in [5, 5.41) is 11.4. The molecule has 2 atom stereocenters. The van der Waals surface area contributed by atoms with Crippen molar-refractivity contribution in [3.05, 3.63) is 70.3 Å². The van der Waals surface area contributed by atoms with E-state index in [0.29, 0.717) is 24.6 Å². The van der Waals surface area contributed by atoms with E-state index in [4.69, 9.17) is 4.74 Å². The predicted octanol–water partition coefficient (Wildman–Crippen LogP) is 4.90. The minimum atomic E-state index is -0.634. The smallest absolute Gasteiger partial charge is 0.295 e. The molecule has 0 aliphatic carbocycles. The number of hydrogen-bond donors (Lipinski definition) is 1. The molecule has 1 amide bonds. The van der Waals surface area contributed by atoms with Crippen molar-refractivity contribution in [3.63, 3.8) is 0 Å². The Labute approximate surface area is 208 Å². The Kier molecular flexibility index (Phi) is 7.31. The van der Waals surface area contributed by atoms with Gasteiger partial charge in [-0.05, 0) is 60.8 Å². The number of carbonyl (C=O) groups is 2. The van der Waals surface area contributed by atoms with E-state index >= 15 is 0 Å². The molecule has 1 saturated heterocycles. The van der Waals surface area contributed by atoms with E-state index in [1.165, 1.54) is 5.56 Å². The number of rotatable bonds is 8. The van der Waals surface area contributed by atoms with Crippen molar-refractivity contribution in [2.75, 3.05) is 26.2 Å². The number of hydrogen-bond acceptors (Lipinski definition) is 5. The number of ketones is 1. The van der Waals surface area contributed by atoms with E-state index in [0.717, 1.165) is 36.4 Å². The first kappa shape index (κ1) is 25.0. The molecule has 4 rings (SSSR count). The quantitative estimate of drug-likeness (QED) is 0.334. The molecule has 2 aliphatic heterocycles. The van der Waals surface area contributed by atoms with Gasteiger partial charge in [-0.1, -0.05) is 52.0 Å². The summed E-state index contributed by atoms with van der Waals surface area (Å²) in [5.74, 6) is -0.155. The summed E-state index contributed by atoms with van der Waals surface area (Å²) in [5.41, 5.74) is 3.69. The van der Waals surface area contributed by atoms with Crippen molar-refractivity contribution in [2.24, 2.45) is 0 Å². The Bertz CT molecular complexity index is 1130. The summed E-state index contributed by atoms with van der Waals surface area (Å²) in [6.07, 6.45) is 0.821. The third kappa shape index (κ3) is 4.85. The van der Waals surface area contributed by atoms with Crippen LogP contribution in [0, 0.1) is 0 Å². The van der Waals surface area contributed by atoms with Gasteiger partial charge in [0.2, 0.25) is 0 Å². The maximum Gasteiger partial charge on any atom is 0.295 e. The van der Waals surface area contributed by atoms with Crippen LogP contribution >= 0.6 is 0 Å². The highest BCUT2D eigenvalue weighted by molar-refractivity contribution is 6.46. The zero-order chi connectivity index (χ0) is 25.3. The molecule has 35 heavy (non-hydrogen) atoms. The first-order chi connectivity index (χ1) is 16.7. The maximum absolute atomic E-state index is 13.3. The van der Waals surface area contributed by atoms with Gasteiger partial charge >= 0.3 is 0 Å². The van der Waals surface area contributed by atoms with Crippen molar-refractivity contribution < 1.29 is 19.4 Å². The third-order valence-corrected chi connectivity index (χ3v) is 7.18. The van der Waals surface area contributed by atoms with Crippen LogP contribution in [-0.4, -0.2) is 58.9 Å². The van der Waals surface area contributed by atoms with Gasteiger partial charge in [-0.15, -0.1) is 0 Å². The molecule has 1 N–H and O–H groups in total. The standard InChI is InChI=1S/C29H36N2O4/c1-6-30(7-2)14-15-31-26(21-10-8-20(9-11-21)18(3)4)25(28(33)29(31)34)27(32)22-12-13-24-23(17-22)16-19(5)35-24/h8-13,17-19,26,32H,6-7,14-16H2,1-5H3/b27-25+/t19-,26-/m0/s1. The second-order valence-electron chi connectivity index (χ2n) is 9.80. The molecule has 6 nitrogen and oxygen atoms in total. The summed E-state index contributed by atoms with van der Waals surface area (Å²) >= 11 is 0. The van der Waals surface area contributed by atoms with Gasteiger partial charge in [-0.25, -0.2) is 0 Å². The van der Waals surface area contributed by atoms with Crippen LogP contribution in [0.2, 0.25) is 0 Å². The van der Waals surface area contributed by atoms with E-state index in [1.807, 2.05) is 43.3 Å². The Morgan fingerprint density at radius 3 is 2.43 bits per heavy atom. The van der Waals surface area contributed by atoms with Crippen LogP contribution in [-0.2, 0) is 16.0 Å². The molecule has 2 aromatic carbocycles. The molecule has 2 heterocycles. The average molecular weight is 477 g/mol. The number of aliphatic hydroxyl groups excluding tert-OH is 1. The Balaban J connectivity index is 1.78. The van der Waals surface area contributed by atoms with Crippen molar-refractivity contribution in [1.29, 1.82) is 0 Å². The zero-order valence-electron chi connectivity index (χ0n) is 21.4. The van der Waals surface area contributed by atoms with E-state index in [2.05, 4.69) is 32.6 Å². The zero-order valence-corrected chi connectivity index (χ0v) is 21.4. The number of carbonyl (C=O) groups excluding carboxylic acids is 2. The molecule has 0 spiro atoms. The fourth-order valence-electron chi connectivity index (χ4n) is 5.03. The molecule has 2 aromatic rings. The summed E-state index contributed by atoms with van der Waals surface area (Å²) in [4.78, 5) is 30.4. The van der Waals surface area contributed by atoms with Crippen LogP contribution in [0.4, 0.5) is 0 Å². The maximum atomic E-state index is 13.3. The first-order valence-corrected chi connectivity index (χ1v) is 12.7. The van der Waals surface area contributed by atoms with Crippen LogP contribution in [0.1, 0.15) is 68.8 Å². The fraction of sp³-hybridized carbons (Fsp3) is 0.448. The molecular weight excluding hydrogens is 440 g/mol. The predicted molar refractivity (Wildman–Crippen MR) is 138 cm³/mol. The van der Waals surface area contributed by atoms with Gasteiger partial charge in [0.05, 0.1) is 11.6 Å². The van der Waals surface area contributed by atoms with E-state index in [1.54, 1.807) is 11.0 Å². The van der Waals surface area contributed by atoms with Crippen molar-refractivity contribution >= 4 is 17.4 Å². The molecule has 2 aliphatic rings. The van der Waals surface area contributed by atoms with Gasteiger partial charge in [-0.2, -0.15) is 0 Å². The molecule has 0 aromatic heterocycles. The highest BCUT2D eigenvalue weighted by atomic mass is 16.5. The molecular formula is C29H36N2O4. The lowest BCUT2D eigenvalue weighted by molar-refractivity contribution is -0.140. The van der Waals surface area contributed by atoms with Gasteiger partial charge in [0.15, 0.2) is 0 Å². The minimum Gasteiger partial charge on any atom is -0.507 e.